The predicted octanol–water partition coefficient (Wildman–Crippen LogP) is -2.22. The lowest BCUT2D eigenvalue weighted by Gasteiger charge is -2.17. The van der Waals surface area contributed by atoms with E-state index in [0.29, 0.717) is 6.42 Å². The quantitative estimate of drug-likeness (QED) is 0.0361. The van der Waals surface area contributed by atoms with E-state index in [-0.39, 0.29) is 31.9 Å². The Morgan fingerprint density at radius 1 is 0.972 bits per heavy atom. The number of hydrazine groups is 1. The minimum Gasteiger partial charge on any atom is -0.475 e. The summed E-state index contributed by atoms with van der Waals surface area (Å²) in [6.07, 6.45) is -9.30. The van der Waals surface area contributed by atoms with Gasteiger partial charge in [0.2, 0.25) is 11.8 Å². The molecule has 0 heterocycles. The summed E-state index contributed by atoms with van der Waals surface area (Å²) in [6.45, 7) is 0.357. The minimum atomic E-state index is -5.08. The van der Waals surface area contributed by atoms with Crippen LogP contribution in [-0.4, -0.2) is 82.5 Å². The molecule has 12 N–H and O–H groups in total. The normalized spacial score (nSPS) is 12.9. The fourth-order valence-corrected chi connectivity index (χ4v) is 1.50. The third-order valence-corrected chi connectivity index (χ3v) is 3.10. The SMILES string of the molecule is NCCC(NC(=O)C(N)CCCN=C(N)N[N+](=O)[O-])C(N)=O.O=C(O)C(F)(F)F.O=C(O)C(F)(F)F. The molecule has 0 aromatic heterocycles. The first-order valence-electron chi connectivity index (χ1n) is 9.03. The maximum Gasteiger partial charge on any atom is 0.490 e. The van der Waals surface area contributed by atoms with Crippen LogP contribution in [0.3, 0.4) is 0 Å². The van der Waals surface area contributed by atoms with Crippen molar-refractivity contribution in [2.24, 2.45) is 27.9 Å². The molecule has 36 heavy (non-hydrogen) atoms. The maximum atomic E-state index is 11.8. The van der Waals surface area contributed by atoms with Gasteiger partial charge in [0.1, 0.15) is 6.04 Å². The van der Waals surface area contributed by atoms with E-state index in [9.17, 15) is 46.0 Å². The second-order valence-electron chi connectivity index (χ2n) is 6.03. The molecule has 0 saturated heterocycles. The summed E-state index contributed by atoms with van der Waals surface area (Å²) in [6, 6.07) is -1.72. The van der Waals surface area contributed by atoms with Crippen molar-refractivity contribution in [2.75, 3.05) is 13.1 Å². The van der Waals surface area contributed by atoms with E-state index in [1.807, 2.05) is 0 Å². The zero-order chi connectivity index (χ0) is 29.3. The van der Waals surface area contributed by atoms with Gasteiger partial charge in [0.05, 0.1) is 6.04 Å². The first-order chi connectivity index (χ1) is 16.2. The molecule has 0 aliphatic heterocycles. The second kappa shape index (κ2) is 17.5. The lowest BCUT2D eigenvalue weighted by atomic mass is 10.1. The molecule has 16 nitrogen and oxygen atoms in total. The van der Waals surface area contributed by atoms with Crippen molar-refractivity contribution >= 4 is 29.7 Å². The highest BCUT2D eigenvalue weighted by molar-refractivity contribution is 5.88. The Labute approximate surface area is 197 Å². The van der Waals surface area contributed by atoms with Crippen LogP contribution in [0.5, 0.6) is 0 Å². The Kier molecular flexibility index (Phi) is 17.8. The standard InChI is InChI=1S/C10H22N8O4.2C2HF3O2/c11-4-3-7(8(13)19)16-9(20)6(12)2-1-5-15-10(14)17-18(21)22;2*3-2(4,5)1(6)7/h6-7H,1-5,11-12H2,(H2,13,19)(H,16,20)(H3,14,15,17);2*(H,6,7). The topological polar surface area (TPSA) is 292 Å². The highest BCUT2D eigenvalue weighted by atomic mass is 19.4. The highest BCUT2D eigenvalue weighted by Gasteiger charge is 2.38. The van der Waals surface area contributed by atoms with Crippen LogP contribution in [0, 0.1) is 10.1 Å². The third kappa shape index (κ3) is 21.9. The van der Waals surface area contributed by atoms with Gasteiger partial charge < -0.3 is 38.5 Å². The molecule has 2 atom stereocenters. The number of carbonyl (C=O) groups is 4. The minimum absolute atomic E-state index is 0.162. The highest BCUT2D eigenvalue weighted by Crippen LogP contribution is 2.13. The molecule has 2 unspecified atom stereocenters. The molecule has 0 fully saturated rings. The molecule has 0 radical (unpaired) electrons. The van der Waals surface area contributed by atoms with Crippen LogP contribution in [-0.2, 0) is 19.2 Å². The molecular formula is C14H24F6N8O8. The average Bonchev–Trinajstić information content (AvgIpc) is 2.69. The van der Waals surface area contributed by atoms with Gasteiger partial charge in [0.25, 0.3) is 5.96 Å². The van der Waals surface area contributed by atoms with Crippen LogP contribution in [0.25, 0.3) is 0 Å². The lowest BCUT2D eigenvalue weighted by molar-refractivity contribution is -0.525. The number of nitrogens with one attached hydrogen (secondary N) is 2. The van der Waals surface area contributed by atoms with Gasteiger partial charge in [-0.1, -0.05) is 5.43 Å². The molecule has 22 heteroatoms. The van der Waals surface area contributed by atoms with E-state index in [0.717, 1.165) is 0 Å². The van der Waals surface area contributed by atoms with Crippen LogP contribution < -0.4 is 33.7 Å². The number of carbonyl (C=O) groups excluding carboxylic acids is 2. The van der Waals surface area contributed by atoms with Gasteiger partial charge in [-0.05, 0) is 25.8 Å². The van der Waals surface area contributed by atoms with Gasteiger partial charge >= 0.3 is 24.3 Å². The molecule has 0 aromatic rings. The van der Waals surface area contributed by atoms with Gasteiger partial charge in [-0.3, -0.25) is 9.59 Å². The Hall–Kier alpha value is -3.95. The third-order valence-electron chi connectivity index (χ3n) is 3.10. The molecule has 0 rings (SSSR count). The number of hydrogen-bond acceptors (Lipinski definition) is 9. The fraction of sp³-hybridized carbons (Fsp3) is 0.643. The maximum absolute atomic E-state index is 11.8. The van der Waals surface area contributed by atoms with E-state index in [2.05, 4.69) is 10.3 Å². The number of guanidine groups is 1. The molecule has 210 valence electrons. The number of nitro groups is 1. The van der Waals surface area contributed by atoms with Crippen molar-refractivity contribution in [3.63, 3.8) is 0 Å². The van der Waals surface area contributed by atoms with Crippen LogP contribution in [0.4, 0.5) is 26.3 Å². The van der Waals surface area contributed by atoms with E-state index in [4.69, 9.17) is 42.7 Å². The van der Waals surface area contributed by atoms with Gasteiger partial charge in [0, 0.05) is 6.54 Å². The van der Waals surface area contributed by atoms with Crippen molar-refractivity contribution < 1.29 is 60.8 Å². The molecule has 0 saturated carbocycles. The molecule has 2 amide bonds. The summed E-state index contributed by atoms with van der Waals surface area (Å²) in [5.41, 5.74) is 23.0. The van der Waals surface area contributed by atoms with Gasteiger partial charge in [0.15, 0.2) is 5.03 Å². The Morgan fingerprint density at radius 2 is 1.39 bits per heavy atom. The van der Waals surface area contributed by atoms with Crippen LogP contribution >= 0.6 is 0 Å². The van der Waals surface area contributed by atoms with Gasteiger partial charge in [-0.25, -0.2) is 24.7 Å². The van der Waals surface area contributed by atoms with Crippen molar-refractivity contribution in [1.29, 1.82) is 0 Å². The van der Waals surface area contributed by atoms with E-state index in [1.165, 1.54) is 0 Å². The summed E-state index contributed by atoms with van der Waals surface area (Å²) in [7, 11) is 0. The first-order valence-corrected chi connectivity index (χ1v) is 9.03. The zero-order valence-electron chi connectivity index (χ0n) is 18.0. The van der Waals surface area contributed by atoms with Crippen molar-refractivity contribution in [3.8, 4) is 0 Å². The number of carboxylic acids is 2. The number of nitrogens with two attached hydrogens (primary N) is 4. The van der Waals surface area contributed by atoms with Crippen LogP contribution in [0.15, 0.2) is 4.99 Å². The van der Waals surface area contributed by atoms with Crippen molar-refractivity contribution in [2.45, 2.75) is 43.7 Å². The number of amides is 2. The first kappa shape index (κ1) is 36.6. The number of nitrogens with zero attached hydrogens (tertiary/aromatic N) is 2. The molecule has 0 aliphatic carbocycles. The average molecular weight is 546 g/mol. The molecular weight excluding hydrogens is 522 g/mol. The van der Waals surface area contributed by atoms with Crippen molar-refractivity contribution in [1.82, 2.24) is 10.7 Å². The van der Waals surface area contributed by atoms with Gasteiger partial charge in [-0.15, -0.1) is 0 Å². The summed E-state index contributed by atoms with van der Waals surface area (Å²) in [4.78, 5) is 54.4. The van der Waals surface area contributed by atoms with E-state index >= 15 is 0 Å². The monoisotopic (exact) mass is 546 g/mol. The van der Waals surface area contributed by atoms with Crippen molar-refractivity contribution in [3.05, 3.63) is 10.1 Å². The number of primary amides is 1. The van der Waals surface area contributed by atoms with Gasteiger partial charge in [-0.2, -0.15) is 26.3 Å². The Bertz CT molecular complexity index is 753. The lowest BCUT2D eigenvalue weighted by Crippen LogP contribution is -2.51. The molecule has 0 bridgehead atoms. The summed E-state index contributed by atoms with van der Waals surface area (Å²) >= 11 is 0. The largest absolute Gasteiger partial charge is 0.490 e. The number of hydrogen-bond donors (Lipinski definition) is 8. The smallest absolute Gasteiger partial charge is 0.475 e. The second-order valence-corrected chi connectivity index (χ2v) is 6.03. The molecule has 0 aromatic carbocycles. The number of rotatable bonds is 10. The fourth-order valence-electron chi connectivity index (χ4n) is 1.50. The number of halogens is 6. The number of carboxylic acid groups (broad SMARTS) is 2. The summed E-state index contributed by atoms with van der Waals surface area (Å²) in [5.74, 6) is -7.06. The Morgan fingerprint density at radius 3 is 1.69 bits per heavy atom. The Balaban J connectivity index is -0.000000632. The summed E-state index contributed by atoms with van der Waals surface area (Å²) in [5, 5.41) is 25.9. The summed E-state index contributed by atoms with van der Waals surface area (Å²) < 4.78 is 63.5. The number of aliphatic carboxylic acids is 2. The van der Waals surface area contributed by atoms with E-state index < -0.39 is 53.2 Å². The molecule has 0 spiro atoms. The zero-order valence-corrected chi connectivity index (χ0v) is 18.0. The number of aliphatic imine (C=N–C) groups is 1. The predicted molar refractivity (Wildman–Crippen MR) is 106 cm³/mol. The van der Waals surface area contributed by atoms with E-state index in [1.54, 1.807) is 5.43 Å². The van der Waals surface area contributed by atoms with Crippen LogP contribution in [0.1, 0.15) is 19.3 Å². The molecule has 0 aliphatic rings. The number of alkyl halides is 6. The van der Waals surface area contributed by atoms with Crippen LogP contribution in [0.2, 0.25) is 0 Å².